The Hall–Kier alpha value is -4.33. The van der Waals surface area contributed by atoms with Crippen LogP contribution in [0.25, 0.3) is 22.6 Å². The fourth-order valence-corrected chi connectivity index (χ4v) is 3.51. The third-order valence-corrected chi connectivity index (χ3v) is 5.05. The third-order valence-electron chi connectivity index (χ3n) is 5.05. The van der Waals surface area contributed by atoms with Crippen molar-refractivity contribution in [1.82, 2.24) is 15.1 Å². The van der Waals surface area contributed by atoms with Crippen molar-refractivity contribution >= 4 is 22.7 Å². The first-order chi connectivity index (χ1) is 15.6. The molecular formula is C24H17FN4O3. The molecule has 0 atom stereocenters. The molecule has 0 aliphatic heterocycles. The molecule has 0 saturated heterocycles. The standard InChI is InChI=1S/C24H17FN4O3/c1-15-22-19(13-20(21-6-4-12-31-21)27-23(22)32-28-15)24(30)29(14-17-5-2-3-11-26-17)18-9-7-16(25)8-10-18/h2-13H,14H2,1H3. The van der Waals surface area contributed by atoms with Gasteiger partial charge < -0.3 is 13.8 Å². The van der Waals surface area contributed by atoms with Crippen LogP contribution in [-0.4, -0.2) is 21.0 Å². The highest BCUT2D eigenvalue weighted by Crippen LogP contribution is 2.30. The van der Waals surface area contributed by atoms with Crippen LogP contribution in [0.1, 0.15) is 21.7 Å². The van der Waals surface area contributed by atoms with Crippen molar-refractivity contribution in [1.29, 1.82) is 0 Å². The topological polar surface area (TPSA) is 85.3 Å². The van der Waals surface area contributed by atoms with Crippen LogP contribution in [-0.2, 0) is 6.54 Å². The molecule has 0 aliphatic rings. The largest absolute Gasteiger partial charge is 0.463 e. The van der Waals surface area contributed by atoms with Crippen LogP contribution in [0.15, 0.2) is 82.1 Å². The summed E-state index contributed by atoms with van der Waals surface area (Å²) in [7, 11) is 0. The Kier molecular flexibility index (Phi) is 4.95. The second-order valence-corrected chi connectivity index (χ2v) is 7.17. The molecule has 1 aromatic carbocycles. The van der Waals surface area contributed by atoms with Gasteiger partial charge in [-0.25, -0.2) is 9.37 Å². The zero-order chi connectivity index (χ0) is 22.1. The van der Waals surface area contributed by atoms with E-state index >= 15 is 0 Å². The number of carbonyl (C=O) groups is 1. The first-order valence-electron chi connectivity index (χ1n) is 9.88. The van der Waals surface area contributed by atoms with Crippen LogP contribution in [0.5, 0.6) is 0 Å². The summed E-state index contributed by atoms with van der Waals surface area (Å²) in [5.74, 6) is -0.220. The van der Waals surface area contributed by atoms with Gasteiger partial charge in [0.1, 0.15) is 11.5 Å². The Morgan fingerprint density at radius 3 is 2.66 bits per heavy atom. The minimum Gasteiger partial charge on any atom is -0.463 e. The van der Waals surface area contributed by atoms with Crippen molar-refractivity contribution in [3.05, 3.63) is 95.9 Å². The van der Waals surface area contributed by atoms with Gasteiger partial charge in [0.05, 0.1) is 35.1 Å². The predicted molar refractivity (Wildman–Crippen MR) is 115 cm³/mol. The Morgan fingerprint density at radius 2 is 1.94 bits per heavy atom. The summed E-state index contributed by atoms with van der Waals surface area (Å²) < 4.78 is 24.4. The van der Waals surface area contributed by atoms with Gasteiger partial charge in [-0.3, -0.25) is 9.78 Å². The zero-order valence-electron chi connectivity index (χ0n) is 17.0. The number of amides is 1. The van der Waals surface area contributed by atoms with E-state index in [2.05, 4.69) is 15.1 Å². The third kappa shape index (κ3) is 3.62. The van der Waals surface area contributed by atoms with E-state index in [9.17, 15) is 9.18 Å². The minimum atomic E-state index is -0.389. The highest BCUT2D eigenvalue weighted by atomic mass is 19.1. The number of halogens is 1. The maximum atomic E-state index is 13.9. The van der Waals surface area contributed by atoms with Crippen LogP contribution in [0.2, 0.25) is 0 Å². The zero-order valence-corrected chi connectivity index (χ0v) is 17.0. The summed E-state index contributed by atoms with van der Waals surface area (Å²) >= 11 is 0. The van der Waals surface area contributed by atoms with E-state index < -0.39 is 0 Å². The number of nitrogens with zero attached hydrogens (tertiary/aromatic N) is 4. The lowest BCUT2D eigenvalue weighted by atomic mass is 10.1. The van der Waals surface area contributed by atoms with Crippen molar-refractivity contribution < 1.29 is 18.1 Å². The van der Waals surface area contributed by atoms with E-state index in [0.717, 1.165) is 0 Å². The quantitative estimate of drug-likeness (QED) is 0.384. The fourth-order valence-electron chi connectivity index (χ4n) is 3.51. The number of pyridine rings is 2. The molecular weight excluding hydrogens is 411 g/mol. The predicted octanol–water partition coefficient (Wildman–Crippen LogP) is 5.17. The molecule has 0 bridgehead atoms. The number of aryl methyl sites for hydroxylation is 1. The number of hydrogen-bond donors (Lipinski definition) is 0. The Labute approximate surface area is 182 Å². The number of hydrogen-bond acceptors (Lipinski definition) is 6. The number of benzene rings is 1. The number of carbonyl (C=O) groups excluding carboxylic acids is 1. The van der Waals surface area contributed by atoms with Gasteiger partial charge in [-0.15, -0.1) is 0 Å². The monoisotopic (exact) mass is 428 g/mol. The molecule has 7 nitrogen and oxygen atoms in total. The Balaban J connectivity index is 1.66. The summed E-state index contributed by atoms with van der Waals surface area (Å²) in [6.45, 7) is 1.94. The molecule has 0 unspecified atom stereocenters. The maximum Gasteiger partial charge on any atom is 0.259 e. The summed E-state index contributed by atoms with van der Waals surface area (Å²) in [6.07, 6.45) is 3.19. The van der Waals surface area contributed by atoms with Crippen LogP contribution < -0.4 is 4.90 Å². The molecule has 0 N–H and O–H groups in total. The van der Waals surface area contributed by atoms with E-state index in [1.165, 1.54) is 23.3 Å². The fraction of sp³-hybridized carbons (Fsp3) is 0.0833. The molecule has 0 spiro atoms. The van der Waals surface area contributed by atoms with E-state index in [4.69, 9.17) is 8.94 Å². The molecule has 158 valence electrons. The van der Waals surface area contributed by atoms with E-state index in [1.54, 1.807) is 49.5 Å². The van der Waals surface area contributed by atoms with Gasteiger partial charge in [-0.2, -0.15) is 0 Å². The smallest absolute Gasteiger partial charge is 0.259 e. The number of aromatic nitrogens is 3. The summed E-state index contributed by atoms with van der Waals surface area (Å²) in [5.41, 5.74) is 2.78. The molecule has 4 heterocycles. The lowest BCUT2D eigenvalue weighted by molar-refractivity contribution is 0.0986. The van der Waals surface area contributed by atoms with Gasteiger partial charge in [-0.05, 0) is 61.5 Å². The highest BCUT2D eigenvalue weighted by molar-refractivity contribution is 6.14. The van der Waals surface area contributed by atoms with Crippen LogP contribution in [0.3, 0.4) is 0 Å². The molecule has 5 rings (SSSR count). The first kappa shape index (κ1) is 19.6. The Bertz CT molecular complexity index is 1380. The van der Waals surface area contributed by atoms with Crippen molar-refractivity contribution in [3.63, 3.8) is 0 Å². The molecule has 5 aromatic rings. The lowest BCUT2D eigenvalue weighted by Crippen LogP contribution is -2.31. The van der Waals surface area contributed by atoms with Crippen LogP contribution in [0.4, 0.5) is 10.1 Å². The number of anilines is 1. The molecule has 4 aromatic heterocycles. The molecule has 0 aliphatic carbocycles. The lowest BCUT2D eigenvalue weighted by Gasteiger charge is -2.23. The van der Waals surface area contributed by atoms with Gasteiger partial charge in [0, 0.05) is 11.9 Å². The average Bonchev–Trinajstić information content (AvgIpc) is 3.48. The maximum absolute atomic E-state index is 13.9. The average molecular weight is 428 g/mol. The van der Waals surface area contributed by atoms with Gasteiger partial charge in [0.15, 0.2) is 5.76 Å². The molecule has 0 radical (unpaired) electrons. The molecule has 0 fully saturated rings. The highest BCUT2D eigenvalue weighted by Gasteiger charge is 2.25. The van der Waals surface area contributed by atoms with Crippen LogP contribution >= 0.6 is 0 Å². The van der Waals surface area contributed by atoms with Crippen molar-refractivity contribution in [2.24, 2.45) is 0 Å². The minimum absolute atomic E-state index is 0.190. The number of fused-ring (bicyclic) bond motifs is 1. The molecule has 32 heavy (non-hydrogen) atoms. The molecule has 0 saturated carbocycles. The molecule has 8 heteroatoms. The van der Waals surface area contributed by atoms with E-state index in [-0.39, 0.29) is 24.0 Å². The SMILES string of the molecule is Cc1noc2nc(-c3ccco3)cc(C(=O)N(Cc3ccccn3)c3ccc(F)cc3)c12. The number of furan rings is 1. The van der Waals surface area contributed by atoms with E-state index in [0.29, 0.717) is 39.5 Å². The summed E-state index contributed by atoms with van der Waals surface area (Å²) in [6, 6.07) is 16.4. The van der Waals surface area contributed by atoms with Gasteiger partial charge in [0.2, 0.25) is 0 Å². The van der Waals surface area contributed by atoms with Crippen molar-refractivity contribution in [2.45, 2.75) is 13.5 Å². The van der Waals surface area contributed by atoms with E-state index in [1.807, 2.05) is 12.1 Å². The van der Waals surface area contributed by atoms with Gasteiger partial charge in [-0.1, -0.05) is 11.2 Å². The number of rotatable bonds is 5. The summed E-state index contributed by atoms with van der Waals surface area (Å²) in [5, 5.41) is 4.50. The Morgan fingerprint density at radius 1 is 1.09 bits per heavy atom. The second-order valence-electron chi connectivity index (χ2n) is 7.17. The van der Waals surface area contributed by atoms with Crippen molar-refractivity contribution in [3.8, 4) is 11.5 Å². The van der Waals surface area contributed by atoms with Crippen LogP contribution in [0, 0.1) is 12.7 Å². The van der Waals surface area contributed by atoms with Gasteiger partial charge >= 0.3 is 0 Å². The molecule has 1 amide bonds. The van der Waals surface area contributed by atoms with Crippen molar-refractivity contribution in [2.75, 3.05) is 4.90 Å². The first-order valence-corrected chi connectivity index (χ1v) is 9.88. The normalized spacial score (nSPS) is 11.1. The summed E-state index contributed by atoms with van der Waals surface area (Å²) in [4.78, 5) is 24.2. The second kappa shape index (κ2) is 8.07. The van der Waals surface area contributed by atoms with Gasteiger partial charge in [0.25, 0.3) is 11.6 Å².